The van der Waals surface area contributed by atoms with Gasteiger partial charge in [-0.2, -0.15) is 0 Å². The molecular formula is C15H28IN3. The molecule has 19 heavy (non-hydrogen) atoms. The van der Waals surface area contributed by atoms with E-state index in [1.165, 1.54) is 50.2 Å². The molecule has 0 aromatic carbocycles. The summed E-state index contributed by atoms with van der Waals surface area (Å²) in [5.41, 5.74) is 6.72. The van der Waals surface area contributed by atoms with Crippen molar-refractivity contribution in [3.05, 3.63) is 11.8 Å². The van der Waals surface area contributed by atoms with Crippen molar-refractivity contribution in [2.45, 2.75) is 46.0 Å². The predicted octanol–water partition coefficient (Wildman–Crippen LogP) is -0.602. The molecule has 1 fully saturated rings. The van der Waals surface area contributed by atoms with E-state index in [1.54, 1.807) is 0 Å². The standard InChI is InChI=1S/C15H27N3.HI/c1-15(2)11-13(16-17(3)4)10-14(12-15)18-8-6-5-7-9-18;/h10H,5-9,11-12H2,1-4H3;1H. The number of piperidine rings is 1. The smallest absolute Gasteiger partial charge is 0.178 e. The van der Waals surface area contributed by atoms with Crippen LogP contribution in [0.1, 0.15) is 46.0 Å². The van der Waals surface area contributed by atoms with E-state index in [4.69, 9.17) is 0 Å². The maximum Gasteiger partial charge on any atom is 0.178 e. The van der Waals surface area contributed by atoms with Gasteiger partial charge in [0, 0.05) is 45.1 Å². The number of nitrogens with zero attached hydrogens (tertiary/aromatic N) is 2. The lowest BCUT2D eigenvalue weighted by atomic mass is 9.78. The molecule has 110 valence electrons. The van der Waals surface area contributed by atoms with Crippen molar-refractivity contribution in [2.75, 3.05) is 27.2 Å². The fourth-order valence-electron chi connectivity index (χ4n) is 3.11. The first-order valence-corrected chi connectivity index (χ1v) is 7.22. The molecule has 0 aromatic rings. The van der Waals surface area contributed by atoms with Crippen molar-refractivity contribution in [3.8, 4) is 0 Å². The van der Waals surface area contributed by atoms with E-state index >= 15 is 0 Å². The van der Waals surface area contributed by atoms with E-state index in [1.807, 2.05) is 5.01 Å². The summed E-state index contributed by atoms with van der Waals surface area (Å²) in [6, 6.07) is 0. The van der Waals surface area contributed by atoms with Crippen LogP contribution in [-0.2, 0) is 0 Å². The highest BCUT2D eigenvalue weighted by Crippen LogP contribution is 2.33. The van der Waals surface area contributed by atoms with Crippen molar-refractivity contribution in [1.29, 1.82) is 0 Å². The van der Waals surface area contributed by atoms with Gasteiger partial charge in [0.15, 0.2) is 5.71 Å². The van der Waals surface area contributed by atoms with Crippen LogP contribution in [-0.4, -0.2) is 42.5 Å². The van der Waals surface area contributed by atoms with Crippen LogP contribution in [0.3, 0.4) is 0 Å². The number of allylic oxidation sites excluding steroid dienone is 2. The fraction of sp³-hybridized carbons (Fsp3) is 0.800. The summed E-state index contributed by atoms with van der Waals surface area (Å²) >= 11 is 0. The molecule has 2 aliphatic rings. The minimum atomic E-state index is 0. The van der Waals surface area contributed by atoms with E-state index in [9.17, 15) is 0 Å². The molecule has 0 saturated carbocycles. The Bertz CT molecular complexity index is 362. The Morgan fingerprint density at radius 2 is 1.74 bits per heavy atom. The van der Waals surface area contributed by atoms with Crippen LogP contribution < -0.4 is 29.4 Å². The van der Waals surface area contributed by atoms with Crippen molar-refractivity contribution in [3.63, 3.8) is 0 Å². The minimum absolute atomic E-state index is 0. The molecular weight excluding hydrogens is 349 g/mol. The van der Waals surface area contributed by atoms with Crippen LogP contribution in [0.5, 0.6) is 0 Å². The lowest BCUT2D eigenvalue weighted by molar-refractivity contribution is -0.538. The summed E-state index contributed by atoms with van der Waals surface area (Å²) in [7, 11) is 4.12. The molecule has 4 heteroatoms. The third kappa shape index (κ3) is 5.06. The zero-order valence-electron chi connectivity index (χ0n) is 12.8. The number of rotatable bonds is 2. The topological polar surface area (TPSA) is 18.3 Å². The largest absolute Gasteiger partial charge is 1.00 e. The van der Waals surface area contributed by atoms with Gasteiger partial charge >= 0.3 is 0 Å². The Labute approximate surface area is 135 Å². The number of hydrogen-bond donors (Lipinski definition) is 1. The minimum Gasteiger partial charge on any atom is -1.00 e. The fourth-order valence-corrected chi connectivity index (χ4v) is 3.11. The molecule has 1 saturated heterocycles. The van der Waals surface area contributed by atoms with E-state index in [0.29, 0.717) is 5.41 Å². The van der Waals surface area contributed by atoms with Gasteiger partial charge in [-0.15, -0.1) is 0 Å². The molecule has 0 amide bonds. The van der Waals surface area contributed by atoms with Gasteiger partial charge in [0.1, 0.15) is 13.1 Å². The lowest BCUT2D eigenvalue weighted by Gasteiger charge is -2.31. The number of nitrogens with one attached hydrogen (secondary N) is 1. The second kappa shape index (κ2) is 7.07. The highest BCUT2D eigenvalue weighted by atomic mass is 127. The van der Waals surface area contributed by atoms with Gasteiger partial charge < -0.3 is 29.4 Å². The Balaban J connectivity index is 0.00000180. The van der Waals surface area contributed by atoms with Crippen LogP contribution in [0.15, 0.2) is 11.8 Å². The molecule has 0 spiro atoms. The summed E-state index contributed by atoms with van der Waals surface area (Å²) in [6.45, 7) is 7.25. The third-order valence-corrected chi connectivity index (χ3v) is 3.80. The summed E-state index contributed by atoms with van der Waals surface area (Å²) < 4.78 is 2.60. The average Bonchev–Trinajstić information content (AvgIpc) is 2.27. The molecule has 3 nitrogen and oxygen atoms in total. The maximum atomic E-state index is 3.45. The van der Waals surface area contributed by atoms with E-state index in [-0.39, 0.29) is 24.0 Å². The van der Waals surface area contributed by atoms with E-state index in [0.717, 1.165) is 6.42 Å². The first-order valence-electron chi connectivity index (χ1n) is 7.22. The van der Waals surface area contributed by atoms with Crippen LogP contribution >= 0.6 is 0 Å². The van der Waals surface area contributed by atoms with Gasteiger partial charge in [-0.25, -0.2) is 9.58 Å². The first kappa shape index (κ1) is 17.0. The van der Waals surface area contributed by atoms with Crippen molar-refractivity contribution in [1.82, 2.24) is 10.4 Å². The van der Waals surface area contributed by atoms with Gasteiger partial charge in [0.25, 0.3) is 0 Å². The van der Waals surface area contributed by atoms with Gasteiger partial charge in [-0.1, -0.05) is 13.8 Å². The molecule has 0 atom stereocenters. The predicted molar refractivity (Wildman–Crippen MR) is 76.8 cm³/mol. The quantitative estimate of drug-likeness (QED) is 0.394. The third-order valence-electron chi connectivity index (χ3n) is 3.80. The molecule has 0 bridgehead atoms. The van der Waals surface area contributed by atoms with Crippen LogP contribution in [0, 0.1) is 5.41 Å². The Morgan fingerprint density at radius 3 is 2.32 bits per heavy atom. The average molecular weight is 377 g/mol. The molecule has 0 radical (unpaired) electrons. The molecule has 1 aliphatic heterocycles. The highest BCUT2D eigenvalue weighted by molar-refractivity contribution is 5.92. The Kier molecular flexibility index (Phi) is 6.30. The van der Waals surface area contributed by atoms with Gasteiger partial charge in [-0.05, 0) is 18.3 Å². The van der Waals surface area contributed by atoms with Crippen LogP contribution in [0.2, 0.25) is 0 Å². The van der Waals surface area contributed by atoms with Crippen LogP contribution in [0.25, 0.3) is 0 Å². The molecule has 2 rings (SSSR count). The Morgan fingerprint density at radius 1 is 1.11 bits per heavy atom. The number of halogens is 1. The van der Waals surface area contributed by atoms with Crippen molar-refractivity contribution in [2.24, 2.45) is 5.41 Å². The normalized spacial score (nSPS) is 22.9. The molecule has 1 N–H and O–H groups in total. The summed E-state index contributed by atoms with van der Waals surface area (Å²) in [4.78, 5) is 0. The molecule has 1 heterocycles. The summed E-state index contributed by atoms with van der Waals surface area (Å²) in [6.07, 6.45) is 8.85. The Hall–Kier alpha value is -0.100. The number of hydrazine groups is 1. The summed E-state index contributed by atoms with van der Waals surface area (Å²) in [5, 5.41) is 2.04. The molecule has 1 aliphatic carbocycles. The van der Waals surface area contributed by atoms with Gasteiger partial charge in [0.2, 0.25) is 0 Å². The SMILES string of the molecule is CN(C)NC1=CC(=[N+]2CCCCC2)CC(C)(C)C1.[I-]. The number of hydrogen-bond acceptors (Lipinski definition) is 2. The zero-order valence-corrected chi connectivity index (χ0v) is 15.0. The lowest BCUT2D eigenvalue weighted by Crippen LogP contribution is -3.00. The van der Waals surface area contributed by atoms with Gasteiger partial charge in [-0.3, -0.25) is 0 Å². The first-order chi connectivity index (χ1) is 8.46. The van der Waals surface area contributed by atoms with E-state index in [2.05, 4.69) is 44.0 Å². The monoisotopic (exact) mass is 377 g/mol. The zero-order chi connectivity index (χ0) is 13.2. The van der Waals surface area contributed by atoms with Crippen LogP contribution in [0.4, 0.5) is 0 Å². The highest BCUT2D eigenvalue weighted by Gasteiger charge is 2.31. The second-order valence-corrected chi connectivity index (χ2v) is 6.73. The maximum absolute atomic E-state index is 3.45. The van der Waals surface area contributed by atoms with Gasteiger partial charge in [0.05, 0.1) is 0 Å². The molecule has 0 unspecified atom stereocenters. The van der Waals surface area contributed by atoms with E-state index < -0.39 is 0 Å². The van der Waals surface area contributed by atoms with Crippen molar-refractivity contribution < 1.29 is 28.6 Å². The van der Waals surface area contributed by atoms with Crippen molar-refractivity contribution >= 4 is 5.71 Å². The second-order valence-electron chi connectivity index (χ2n) is 6.73. The molecule has 0 aromatic heterocycles. The summed E-state index contributed by atoms with van der Waals surface area (Å²) in [5.74, 6) is 0.